The van der Waals surface area contributed by atoms with Crippen molar-refractivity contribution < 1.29 is 9.59 Å². The SMILES string of the molecule is CCC(=O)Nc1nc2ccc(NC(=O)Nc3cccc(C)c3)cc2s1. The molecule has 3 aromatic rings. The number of nitrogens with one attached hydrogen (secondary N) is 3. The van der Waals surface area contributed by atoms with Crippen LogP contribution in [0.4, 0.5) is 21.3 Å². The fourth-order valence-electron chi connectivity index (χ4n) is 2.28. The Bertz CT molecular complexity index is 936. The van der Waals surface area contributed by atoms with Gasteiger partial charge < -0.3 is 16.0 Å². The third-order valence-electron chi connectivity index (χ3n) is 3.49. The van der Waals surface area contributed by atoms with E-state index in [0.717, 1.165) is 21.5 Å². The number of carbonyl (C=O) groups excluding carboxylic acids is 2. The maximum Gasteiger partial charge on any atom is 0.323 e. The first-order chi connectivity index (χ1) is 12.0. The number of hydrogen-bond acceptors (Lipinski definition) is 4. The van der Waals surface area contributed by atoms with E-state index in [9.17, 15) is 9.59 Å². The molecule has 0 unspecified atom stereocenters. The highest BCUT2D eigenvalue weighted by Gasteiger charge is 2.09. The van der Waals surface area contributed by atoms with E-state index in [1.807, 2.05) is 43.3 Å². The Morgan fingerprint density at radius 1 is 1.04 bits per heavy atom. The van der Waals surface area contributed by atoms with Gasteiger partial charge in [0.05, 0.1) is 10.2 Å². The van der Waals surface area contributed by atoms with Crippen LogP contribution in [0.25, 0.3) is 10.2 Å². The van der Waals surface area contributed by atoms with Gasteiger partial charge in [0.1, 0.15) is 0 Å². The fraction of sp³-hybridized carbons (Fsp3) is 0.167. The van der Waals surface area contributed by atoms with Crippen LogP contribution >= 0.6 is 11.3 Å². The zero-order chi connectivity index (χ0) is 17.8. The van der Waals surface area contributed by atoms with Crippen molar-refractivity contribution in [2.75, 3.05) is 16.0 Å². The molecular weight excluding hydrogens is 336 g/mol. The standard InChI is InChI=1S/C18H18N4O2S/c1-3-16(23)22-18-21-14-8-7-13(10-15(14)25-18)20-17(24)19-12-6-4-5-11(2)9-12/h4-10H,3H2,1-2H3,(H2,19,20,24)(H,21,22,23). The molecule has 0 spiro atoms. The molecule has 7 heteroatoms. The zero-order valence-electron chi connectivity index (χ0n) is 13.9. The van der Waals surface area contributed by atoms with Gasteiger partial charge >= 0.3 is 6.03 Å². The van der Waals surface area contributed by atoms with Crippen LogP contribution in [-0.2, 0) is 4.79 Å². The summed E-state index contributed by atoms with van der Waals surface area (Å²) in [6.45, 7) is 3.76. The van der Waals surface area contributed by atoms with Crippen molar-refractivity contribution in [1.82, 2.24) is 4.98 Å². The number of anilines is 3. The lowest BCUT2D eigenvalue weighted by Crippen LogP contribution is -2.19. The second-order valence-electron chi connectivity index (χ2n) is 5.55. The summed E-state index contributed by atoms with van der Waals surface area (Å²) in [5.41, 5.74) is 3.25. The van der Waals surface area contributed by atoms with Crippen LogP contribution in [0.15, 0.2) is 42.5 Å². The zero-order valence-corrected chi connectivity index (χ0v) is 14.7. The average Bonchev–Trinajstić information content (AvgIpc) is 2.96. The quantitative estimate of drug-likeness (QED) is 0.640. The minimum Gasteiger partial charge on any atom is -0.308 e. The molecule has 0 radical (unpaired) electrons. The van der Waals surface area contributed by atoms with Crippen molar-refractivity contribution >= 4 is 50.0 Å². The second-order valence-corrected chi connectivity index (χ2v) is 6.58. The van der Waals surface area contributed by atoms with Gasteiger partial charge in [0, 0.05) is 17.8 Å². The van der Waals surface area contributed by atoms with Crippen molar-refractivity contribution in [3.05, 3.63) is 48.0 Å². The van der Waals surface area contributed by atoms with E-state index < -0.39 is 0 Å². The summed E-state index contributed by atoms with van der Waals surface area (Å²) in [5, 5.41) is 8.91. The molecule has 1 heterocycles. The van der Waals surface area contributed by atoms with Crippen molar-refractivity contribution in [2.45, 2.75) is 20.3 Å². The number of fused-ring (bicyclic) bond motifs is 1. The Hall–Kier alpha value is -2.93. The van der Waals surface area contributed by atoms with Gasteiger partial charge in [-0.05, 0) is 42.8 Å². The summed E-state index contributed by atoms with van der Waals surface area (Å²) < 4.78 is 0.889. The molecule has 0 bridgehead atoms. The molecule has 0 aliphatic rings. The molecule has 25 heavy (non-hydrogen) atoms. The number of thiazole rings is 1. The highest BCUT2D eigenvalue weighted by molar-refractivity contribution is 7.22. The van der Waals surface area contributed by atoms with E-state index in [1.165, 1.54) is 11.3 Å². The van der Waals surface area contributed by atoms with Crippen LogP contribution in [0, 0.1) is 6.92 Å². The van der Waals surface area contributed by atoms with Crippen LogP contribution in [0.2, 0.25) is 0 Å². The Labute approximate surface area is 149 Å². The summed E-state index contributed by atoms with van der Waals surface area (Å²) in [5.74, 6) is -0.0741. The Kier molecular flexibility index (Phi) is 4.95. The number of rotatable bonds is 4. The molecule has 0 aliphatic heterocycles. The van der Waals surface area contributed by atoms with Gasteiger partial charge in [0.15, 0.2) is 5.13 Å². The predicted octanol–water partition coefficient (Wildman–Crippen LogP) is 4.60. The summed E-state index contributed by atoms with van der Waals surface area (Å²) in [6.07, 6.45) is 0.405. The molecule has 0 atom stereocenters. The summed E-state index contributed by atoms with van der Waals surface area (Å²) in [4.78, 5) is 27.9. The minimum atomic E-state index is -0.311. The first kappa shape index (κ1) is 16.9. The summed E-state index contributed by atoms with van der Waals surface area (Å²) in [7, 11) is 0. The van der Waals surface area contributed by atoms with Crippen LogP contribution in [0.3, 0.4) is 0 Å². The Morgan fingerprint density at radius 3 is 2.52 bits per heavy atom. The number of benzene rings is 2. The third kappa shape index (κ3) is 4.33. The largest absolute Gasteiger partial charge is 0.323 e. The van der Waals surface area contributed by atoms with Gasteiger partial charge in [0.25, 0.3) is 0 Å². The van der Waals surface area contributed by atoms with Crippen molar-refractivity contribution in [3.63, 3.8) is 0 Å². The van der Waals surface area contributed by atoms with Crippen LogP contribution in [-0.4, -0.2) is 16.9 Å². The molecule has 0 fully saturated rings. The molecule has 3 rings (SSSR count). The first-order valence-corrected chi connectivity index (χ1v) is 8.70. The molecular formula is C18H18N4O2S. The highest BCUT2D eigenvalue weighted by atomic mass is 32.1. The van der Waals surface area contributed by atoms with E-state index in [0.29, 0.717) is 17.2 Å². The third-order valence-corrected chi connectivity index (χ3v) is 4.42. The van der Waals surface area contributed by atoms with Gasteiger partial charge in [0.2, 0.25) is 5.91 Å². The average molecular weight is 354 g/mol. The predicted molar refractivity (Wildman–Crippen MR) is 102 cm³/mol. The van der Waals surface area contributed by atoms with Gasteiger partial charge in [-0.15, -0.1) is 0 Å². The van der Waals surface area contributed by atoms with Crippen LogP contribution in [0.1, 0.15) is 18.9 Å². The molecule has 0 saturated carbocycles. The molecule has 6 nitrogen and oxygen atoms in total. The molecule has 3 amide bonds. The van der Waals surface area contributed by atoms with Crippen LogP contribution in [0.5, 0.6) is 0 Å². The van der Waals surface area contributed by atoms with Crippen molar-refractivity contribution in [3.8, 4) is 0 Å². The number of carbonyl (C=O) groups is 2. The van der Waals surface area contributed by atoms with E-state index >= 15 is 0 Å². The molecule has 3 N–H and O–H groups in total. The number of aromatic nitrogens is 1. The Morgan fingerprint density at radius 2 is 1.80 bits per heavy atom. The van der Waals surface area contributed by atoms with E-state index in [2.05, 4.69) is 20.9 Å². The lowest BCUT2D eigenvalue weighted by molar-refractivity contribution is -0.115. The number of hydrogen-bond donors (Lipinski definition) is 3. The van der Waals surface area contributed by atoms with E-state index in [4.69, 9.17) is 0 Å². The first-order valence-electron chi connectivity index (χ1n) is 7.88. The van der Waals surface area contributed by atoms with Gasteiger partial charge in [-0.1, -0.05) is 30.4 Å². The number of amides is 3. The smallest absolute Gasteiger partial charge is 0.308 e. The number of aryl methyl sites for hydroxylation is 1. The van der Waals surface area contributed by atoms with Gasteiger partial charge in [-0.25, -0.2) is 9.78 Å². The summed E-state index contributed by atoms with van der Waals surface area (Å²) >= 11 is 1.37. The van der Waals surface area contributed by atoms with Crippen molar-refractivity contribution in [1.29, 1.82) is 0 Å². The molecule has 1 aromatic heterocycles. The monoisotopic (exact) mass is 354 g/mol. The lowest BCUT2D eigenvalue weighted by Gasteiger charge is -2.08. The molecule has 128 valence electrons. The normalized spacial score (nSPS) is 10.5. The van der Waals surface area contributed by atoms with E-state index in [1.54, 1.807) is 13.0 Å². The minimum absolute atomic E-state index is 0.0741. The lowest BCUT2D eigenvalue weighted by atomic mass is 10.2. The summed E-state index contributed by atoms with van der Waals surface area (Å²) in [6, 6.07) is 12.7. The molecule has 2 aromatic carbocycles. The fourth-order valence-corrected chi connectivity index (χ4v) is 3.20. The maximum absolute atomic E-state index is 12.1. The molecule has 0 saturated heterocycles. The topological polar surface area (TPSA) is 83.1 Å². The Balaban J connectivity index is 1.70. The molecule has 0 aliphatic carbocycles. The number of urea groups is 1. The van der Waals surface area contributed by atoms with Gasteiger partial charge in [-0.2, -0.15) is 0 Å². The van der Waals surface area contributed by atoms with Gasteiger partial charge in [-0.3, -0.25) is 4.79 Å². The number of nitrogens with zero attached hydrogens (tertiary/aromatic N) is 1. The van der Waals surface area contributed by atoms with Crippen molar-refractivity contribution in [2.24, 2.45) is 0 Å². The highest BCUT2D eigenvalue weighted by Crippen LogP contribution is 2.28. The van der Waals surface area contributed by atoms with Crippen LogP contribution < -0.4 is 16.0 Å². The second kappa shape index (κ2) is 7.31. The maximum atomic E-state index is 12.1. The van der Waals surface area contributed by atoms with E-state index in [-0.39, 0.29) is 11.9 Å².